The first-order valence-corrected chi connectivity index (χ1v) is 7.80. The number of benzene rings is 1. The van der Waals surface area contributed by atoms with Crippen molar-refractivity contribution >= 4 is 39.6 Å². The fourth-order valence-corrected chi connectivity index (χ4v) is 2.11. The van der Waals surface area contributed by atoms with E-state index in [0.717, 1.165) is 19.1 Å². The van der Waals surface area contributed by atoms with Gasteiger partial charge in [0, 0.05) is 6.26 Å². The highest BCUT2D eigenvalue weighted by atomic mass is 127. The molecule has 8 heteroatoms. The molecule has 0 bridgehead atoms. The molecule has 0 spiro atoms. The number of unbranched alkanes of at least 4 members (excludes halogenated alkanes) is 1. The summed E-state index contributed by atoms with van der Waals surface area (Å²) in [5.74, 6) is 5.66. The van der Waals surface area contributed by atoms with Gasteiger partial charge in [0.05, 0.1) is 17.1 Å². The van der Waals surface area contributed by atoms with Crippen LogP contribution in [-0.2, 0) is 9.84 Å². The third kappa shape index (κ3) is 5.16. The van der Waals surface area contributed by atoms with Gasteiger partial charge in [0.15, 0.2) is 15.7 Å². The SMILES string of the molecule is CCCCOc1ccc(S(C)(=O)=O)cc1/C(N)=N/N.I. The summed E-state index contributed by atoms with van der Waals surface area (Å²) in [7, 11) is -3.32. The third-order valence-electron chi connectivity index (χ3n) is 2.55. The zero-order valence-electron chi connectivity index (χ0n) is 11.5. The number of ether oxygens (including phenoxy) is 1. The van der Waals surface area contributed by atoms with Crippen molar-refractivity contribution in [3.63, 3.8) is 0 Å². The van der Waals surface area contributed by atoms with Gasteiger partial charge in [0.1, 0.15) is 5.75 Å². The molecule has 0 unspecified atom stereocenters. The average Bonchev–Trinajstić information content (AvgIpc) is 2.37. The van der Waals surface area contributed by atoms with E-state index in [2.05, 4.69) is 5.10 Å². The van der Waals surface area contributed by atoms with Crippen LogP contribution in [0, 0.1) is 0 Å². The second-order valence-corrected chi connectivity index (χ2v) is 6.16. The van der Waals surface area contributed by atoms with Gasteiger partial charge in [-0.15, -0.1) is 24.0 Å². The summed E-state index contributed by atoms with van der Waals surface area (Å²) in [6, 6.07) is 4.46. The van der Waals surface area contributed by atoms with Gasteiger partial charge >= 0.3 is 0 Å². The lowest BCUT2D eigenvalue weighted by atomic mass is 10.2. The van der Waals surface area contributed by atoms with Crippen LogP contribution in [0.5, 0.6) is 5.75 Å². The molecule has 0 aliphatic carbocycles. The van der Waals surface area contributed by atoms with Gasteiger partial charge in [-0.1, -0.05) is 13.3 Å². The Morgan fingerprint density at radius 1 is 1.40 bits per heavy atom. The lowest BCUT2D eigenvalue weighted by Crippen LogP contribution is -2.18. The van der Waals surface area contributed by atoms with Gasteiger partial charge in [-0.3, -0.25) is 0 Å². The van der Waals surface area contributed by atoms with Crippen LogP contribution in [0.1, 0.15) is 25.3 Å². The molecule has 6 nitrogen and oxygen atoms in total. The summed E-state index contributed by atoms with van der Waals surface area (Å²) < 4.78 is 28.6. The summed E-state index contributed by atoms with van der Waals surface area (Å²) in [6.45, 7) is 2.58. The maximum Gasteiger partial charge on any atom is 0.175 e. The predicted molar refractivity (Wildman–Crippen MR) is 90.3 cm³/mol. The average molecular weight is 413 g/mol. The number of sulfone groups is 1. The van der Waals surface area contributed by atoms with Crippen LogP contribution >= 0.6 is 24.0 Å². The summed E-state index contributed by atoms with van der Waals surface area (Å²) in [6.07, 6.45) is 3.02. The molecule has 0 saturated carbocycles. The third-order valence-corrected chi connectivity index (χ3v) is 3.66. The van der Waals surface area contributed by atoms with Gasteiger partial charge in [0.2, 0.25) is 0 Å². The number of hydrogen-bond acceptors (Lipinski definition) is 5. The fourth-order valence-electron chi connectivity index (χ4n) is 1.46. The molecule has 1 aromatic carbocycles. The van der Waals surface area contributed by atoms with Crippen molar-refractivity contribution in [2.75, 3.05) is 12.9 Å². The van der Waals surface area contributed by atoms with Crippen LogP contribution in [-0.4, -0.2) is 27.1 Å². The Balaban J connectivity index is 0.00000361. The van der Waals surface area contributed by atoms with Crippen molar-refractivity contribution < 1.29 is 13.2 Å². The molecule has 0 aliphatic heterocycles. The van der Waals surface area contributed by atoms with E-state index in [1.165, 1.54) is 12.1 Å². The minimum absolute atomic E-state index is 0. The summed E-state index contributed by atoms with van der Waals surface area (Å²) in [5, 5.41) is 3.39. The first-order valence-electron chi connectivity index (χ1n) is 5.90. The van der Waals surface area contributed by atoms with Gasteiger partial charge in [0.25, 0.3) is 0 Å². The number of amidine groups is 1. The molecule has 0 fully saturated rings. The van der Waals surface area contributed by atoms with Gasteiger partial charge in [-0.2, -0.15) is 5.10 Å². The highest BCUT2D eigenvalue weighted by Crippen LogP contribution is 2.23. The molecule has 0 aromatic heterocycles. The largest absolute Gasteiger partial charge is 0.493 e. The van der Waals surface area contributed by atoms with Crippen LogP contribution in [0.4, 0.5) is 0 Å². The summed E-state index contributed by atoms with van der Waals surface area (Å²) in [4.78, 5) is 0.150. The van der Waals surface area contributed by atoms with Crippen LogP contribution in [0.3, 0.4) is 0 Å². The van der Waals surface area contributed by atoms with Crippen molar-refractivity contribution in [3.05, 3.63) is 23.8 Å². The quantitative estimate of drug-likeness (QED) is 0.183. The molecule has 0 aliphatic rings. The Morgan fingerprint density at radius 2 is 2.05 bits per heavy atom. The minimum Gasteiger partial charge on any atom is -0.493 e. The highest BCUT2D eigenvalue weighted by Gasteiger charge is 2.14. The number of rotatable bonds is 6. The van der Waals surface area contributed by atoms with Gasteiger partial charge < -0.3 is 16.3 Å². The smallest absolute Gasteiger partial charge is 0.175 e. The lowest BCUT2D eigenvalue weighted by Gasteiger charge is -2.11. The van der Waals surface area contributed by atoms with Crippen LogP contribution in [0.25, 0.3) is 0 Å². The van der Waals surface area contributed by atoms with E-state index in [1.807, 2.05) is 6.92 Å². The van der Waals surface area contributed by atoms with Crippen LogP contribution in [0.2, 0.25) is 0 Å². The highest BCUT2D eigenvalue weighted by molar-refractivity contribution is 14.0. The van der Waals surface area contributed by atoms with E-state index >= 15 is 0 Å². The van der Waals surface area contributed by atoms with Crippen molar-refractivity contribution in [3.8, 4) is 5.75 Å². The number of nitrogens with zero attached hydrogens (tertiary/aromatic N) is 1. The second kappa shape index (κ2) is 8.30. The van der Waals surface area contributed by atoms with Gasteiger partial charge in [-0.05, 0) is 24.6 Å². The molecular weight excluding hydrogens is 393 g/mol. The number of halogens is 1. The number of hydrogen-bond donors (Lipinski definition) is 2. The van der Waals surface area contributed by atoms with E-state index < -0.39 is 9.84 Å². The molecule has 0 atom stereocenters. The summed E-state index contributed by atoms with van der Waals surface area (Å²) >= 11 is 0. The first-order chi connectivity index (χ1) is 8.90. The molecule has 0 saturated heterocycles. The predicted octanol–water partition coefficient (Wildman–Crippen LogP) is 1.47. The van der Waals surface area contributed by atoms with Crippen molar-refractivity contribution in [1.29, 1.82) is 0 Å². The fraction of sp³-hybridized carbons (Fsp3) is 0.417. The maximum absolute atomic E-state index is 11.5. The molecule has 0 radical (unpaired) electrons. The van der Waals surface area contributed by atoms with E-state index in [4.69, 9.17) is 16.3 Å². The maximum atomic E-state index is 11.5. The molecule has 114 valence electrons. The Labute approximate surface area is 136 Å². The Kier molecular flexibility index (Phi) is 7.87. The Morgan fingerprint density at radius 3 is 2.55 bits per heavy atom. The first kappa shape index (κ1) is 19.0. The molecule has 4 N–H and O–H groups in total. The number of hydrazone groups is 1. The second-order valence-electron chi connectivity index (χ2n) is 4.15. The molecule has 1 aromatic rings. The van der Waals surface area contributed by atoms with Gasteiger partial charge in [-0.25, -0.2) is 8.42 Å². The van der Waals surface area contributed by atoms with Crippen molar-refractivity contribution in [1.82, 2.24) is 0 Å². The monoisotopic (exact) mass is 413 g/mol. The van der Waals surface area contributed by atoms with E-state index in [-0.39, 0.29) is 34.7 Å². The Hall–Kier alpha value is -1.03. The lowest BCUT2D eigenvalue weighted by molar-refractivity contribution is 0.308. The minimum atomic E-state index is -3.32. The normalized spacial score (nSPS) is 11.8. The zero-order valence-corrected chi connectivity index (χ0v) is 14.6. The molecule has 1 rings (SSSR count). The standard InChI is InChI=1S/C12H19N3O3S.HI/c1-3-4-7-18-11-6-5-9(19(2,16)17)8-10(11)12(13)15-14;/h5-6,8H,3-4,7,14H2,1-2H3,(H2,13,15);1H. The van der Waals surface area contributed by atoms with E-state index in [0.29, 0.717) is 17.9 Å². The van der Waals surface area contributed by atoms with Crippen molar-refractivity contribution in [2.45, 2.75) is 24.7 Å². The molecule has 0 heterocycles. The van der Waals surface area contributed by atoms with Crippen molar-refractivity contribution in [2.24, 2.45) is 16.7 Å². The number of nitrogens with two attached hydrogens (primary N) is 2. The van der Waals surface area contributed by atoms with Crippen LogP contribution in [0.15, 0.2) is 28.2 Å². The van der Waals surface area contributed by atoms with E-state index in [1.54, 1.807) is 6.07 Å². The molecule has 0 amide bonds. The topological polar surface area (TPSA) is 108 Å². The summed E-state index contributed by atoms with van der Waals surface area (Å²) in [5.41, 5.74) is 6.05. The Bertz CT molecular complexity index is 573. The molecular formula is C12H20IN3O3S. The van der Waals surface area contributed by atoms with Crippen LogP contribution < -0.4 is 16.3 Å². The van der Waals surface area contributed by atoms with E-state index in [9.17, 15) is 8.42 Å². The molecule has 20 heavy (non-hydrogen) atoms. The zero-order chi connectivity index (χ0) is 14.5.